The van der Waals surface area contributed by atoms with Crippen molar-refractivity contribution in [3.63, 3.8) is 0 Å². The SMILES string of the molecule is CCOc1cc(/C=C2/SC(=S)N(c3ccc(C)c(C)c3)C2=O)ccc1OC. The predicted octanol–water partition coefficient (Wildman–Crippen LogP) is 5.12. The summed E-state index contributed by atoms with van der Waals surface area (Å²) < 4.78 is 11.5. The van der Waals surface area contributed by atoms with Crippen molar-refractivity contribution in [1.29, 1.82) is 0 Å². The highest BCUT2D eigenvalue weighted by Crippen LogP contribution is 2.37. The van der Waals surface area contributed by atoms with Crippen molar-refractivity contribution in [3.8, 4) is 11.5 Å². The van der Waals surface area contributed by atoms with Gasteiger partial charge in [0.2, 0.25) is 0 Å². The zero-order valence-corrected chi connectivity index (χ0v) is 17.4. The Morgan fingerprint density at radius 3 is 2.56 bits per heavy atom. The molecule has 0 aromatic heterocycles. The minimum absolute atomic E-state index is 0.109. The molecular weight excluding hydrogens is 378 g/mol. The van der Waals surface area contributed by atoms with Gasteiger partial charge in [-0.1, -0.05) is 36.1 Å². The molecular formula is C21H21NO3S2. The Morgan fingerprint density at radius 2 is 1.89 bits per heavy atom. The maximum absolute atomic E-state index is 12.9. The van der Waals surface area contributed by atoms with Gasteiger partial charge in [0.1, 0.15) is 0 Å². The van der Waals surface area contributed by atoms with Crippen LogP contribution in [0, 0.1) is 13.8 Å². The maximum atomic E-state index is 12.9. The first kappa shape index (κ1) is 19.5. The number of carbonyl (C=O) groups excluding carboxylic acids is 1. The summed E-state index contributed by atoms with van der Waals surface area (Å²) in [5, 5.41) is 0. The Bertz CT molecular complexity index is 937. The molecule has 1 aliphatic heterocycles. The quantitative estimate of drug-likeness (QED) is 0.516. The first-order valence-corrected chi connectivity index (χ1v) is 9.83. The average Bonchev–Trinajstić information content (AvgIpc) is 2.91. The zero-order valence-electron chi connectivity index (χ0n) is 15.7. The van der Waals surface area contributed by atoms with Gasteiger partial charge in [0.05, 0.1) is 24.3 Å². The summed E-state index contributed by atoms with van der Waals surface area (Å²) in [4.78, 5) is 15.1. The highest BCUT2D eigenvalue weighted by Gasteiger charge is 2.33. The molecule has 3 rings (SSSR count). The fourth-order valence-corrected chi connectivity index (χ4v) is 4.06. The Kier molecular flexibility index (Phi) is 5.87. The monoisotopic (exact) mass is 399 g/mol. The van der Waals surface area contributed by atoms with Crippen LogP contribution < -0.4 is 14.4 Å². The van der Waals surface area contributed by atoms with Gasteiger partial charge in [0.15, 0.2) is 15.8 Å². The van der Waals surface area contributed by atoms with Crippen molar-refractivity contribution >= 4 is 46.0 Å². The summed E-state index contributed by atoms with van der Waals surface area (Å²) in [6, 6.07) is 11.5. The summed E-state index contributed by atoms with van der Waals surface area (Å²) in [5.74, 6) is 1.21. The van der Waals surface area contributed by atoms with Crippen LogP contribution in [0.3, 0.4) is 0 Å². The second kappa shape index (κ2) is 8.15. The molecule has 1 amide bonds. The molecule has 6 heteroatoms. The largest absolute Gasteiger partial charge is 0.493 e. The standard InChI is InChI=1S/C21H21NO3S2/c1-5-25-18-11-15(7-9-17(18)24-4)12-19-20(23)22(21(26)27-19)16-8-6-13(2)14(3)10-16/h6-12H,5H2,1-4H3/b19-12+. The number of thiocarbonyl (C=S) groups is 1. The van der Waals surface area contributed by atoms with E-state index >= 15 is 0 Å². The van der Waals surface area contributed by atoms with Gasteiger partial charge in [0, 0.05) is 0 Å². The number of carbonyl (C=O) groups is 1. The first-order chi connectivity index (χ1) is 12.9. The molecule has 1 aliphatic rings. The number of anilines is 1. The average molecular weight is 400 g/mol. The predicted molar refractivity (Wildman–Crippen MR) is 116 cm³/mol. The molecule has 0 aliphatic carbocycles. The van der Waals surface area contributed by atoms with Crippen molar-refractivity contribution in [2.75, 3.05) is 18.6 Å². The summed E-state index contributed by atoms with van der Waals surface area (Å²) in [5.41, 5.74) is 3.97. The normalized spacial score (nSPS) is 15.6. The minimum Gasteiger partial charge on any atom is -0.493 e. The molecule has 0 saturated carbocycles. The van der Waals surface area contributed by atoms with Crippen LogP contribution in [-0.4, -0.2) is 23.9 Å². The zero-order chi connectivity index (χ0) is 19.6. The number of benzene rings is 2. The van der Waals surface area contributed by atoms with Gasteiger partial charge in [0.25, 0.3) is 5.91 Å². The van der Waals surface area contributed by atoms with Crippen LogP contribution in [0.15, 0.2) is 41.3 Å². The van der Waals surface area contributed by atoms with Crippen LogP contribution >= 0.6 is 24.0 Å². The van der Waals surface area contributed by atoms with E-state index < -0.39 is 0 Å². The van der Waals surface area contributed by atoms with Gasteiger partial charge in [-0.25, -0.2) is 0 Å². The Hall–Kier alpha value is -2.31. The van der Waals surface area contributed by atoms with Gasteiger partial charge in [-0.2, -0.15) is 0 Å². The van der Waals surface area contributed by atoms with Crippen LogP contribution in [0.25, 0.3) is 6.08 Å². The maximum Gasteiger partial charge on any atom is 0.270 e. The molecule has 0 N–H and O–H groups in total. The number of hydrogen-bond acceptors (Lipinski definition) is 5. The van der Waals surface area contributed by atoms with Gasteiger partial charge >= 0.3 is 0 Å². The molecule has 0 radical (unpaired) electrons. The van der Waals surface area contributed by atoms with E-state index in [1.165, 1.54) is 17.3 Å². The lowest BCUT2D eigenvalue weighted by Crippen LogP contribution is -2.27. The third-order valence-corrected chi connectivity index (χ3v) is 5.63. The number of aryl methyl sites for hydroxylation is 2. The first-order valence-electron chi connectivity index (χ1n) is 8.60. The molecule has 0 unspecified atom stereocenters. The lowest BCUT2D eigenvalue weighted by molar-refractivity contribution is -0.113. The van der Waals surface area contributed by atoms with E-state index in [9.17, 15) is 4.79 Å². The van der Waals surface area contributed by atoms with Gasteiger partial charge in [-0.3, -0.25) is 9.69 Å². The molecule has 1 fully saturated rings. The number of hydrogen-bond donors (Lipinski definition) is 0. The van der Waals surface area contributed by atoms with E-state index in [1.54, 1.807) is 12.0 Å². The van der Waals surface area contributed by atoms with E-state index in [-0.39, 0.29) is 5.91 Å². The summed E-state index contributed by atoms with van der Waals surface area (Å²) in [7, 11) is 1.60. The molecule has 1 saturated heterocycles. The van der Waals surface area contributed by atoms with E-state index in [2.05, 4.69) is 0 Å². The summed E-state index contributed by atoms with van der Waals surface area (Å²) in [6.45, 7) is 6.53. The van der Waals surface area contributed by atoms with Crippen molar-refractivity contribution in [2.45, 2.75) is 20.8 Å². The van der Waals surface area contributed by atoms with Gasteiger partial charge in [-0.15, -0.1) is 0 Å². The Morgan fingerprint density at radius 1 is 1.11 bits per heavy atom. The second-order valence-corrected chi connectivity index (χ2v) is 7.80. The molecule has 1 heterocycles. The third kappa shape index (κ3) is 4.01. The molecule has 140 valence electrons. The topological polar surface area (TPSA) is 38.8 Å². The molecule has 0 bridgehead atoms. The fourth-order valence-electron chi connectivity index (χ4n) is 2.76. The lowest BCUT2D eigenvalue weighted by atomic mass is 10.1. The third-order valence-electron chi connectivity index (χ3n) is 4.33. The van der Waals surface area contributed by atoms with Crippen LogP contribution in [-0.2, 0) is 4.79 Å². The van der Waals surface area contributed by atoms with Crippen molar-refractivity contribution in [2.24, 2.45) is 0 Å². The highest BCUT2D eigenvalue weighted by atomic mass is 32.2. The van der Waals surface area contributed by atoms with Crippen LogP contribution in [0.1, 0.15) is 23.6 Å². The molecule has 2 aromatic carbocycles. The van der Waals surface area contributed by atoms with E-state index in [1.807, 2.05) is 63.2 Å². The van der Waals surface area contributed by atoms with E-state index in [0.29, 0.717) is 27.3 Å². The van der Waals surface area contributed by atoms with Crippen molar-refractivity contribution in [3.05, 3.63) is 58.0 Å². The summed E-state index contributed by atoms with van der Waals surface area (Å²) in [6.07, 6.45) is 1.84. The number of nitrogens with zero attached hydrogens (tertiary/aromatic N) is 1. The number of thioether (sulfide) groups is 1. The highest BCUT2D eigenvalue weighted by molar-refractivity contribution is 8.27. The molecule has 0 spiro atoms. The van der Waals surface area contributed by atoms with Gasteiger partial charge in [-0.05, 0) is 67.8 Å². The van der Waals surface area contributed by atoms with E-state index in [0.717, 1.165) is 16.8 Å². The van der Waals surface area contributed by atoms with Crippen molar-refractivity contribution in [1.82, 2.24) is 0 Å². The Labute approximate surface area is 169 Å². The number of amides is 1. The van der Waals surface area contributed by atoms with Crippen LogP contribution in [0.2, 0.25) is 0 Å². The molecule has 4 nitrogen and oxygen atoms in total. The van der Waals surface area contributed by atoms with Crippen molar-refractivity contribution < 1.29 is 14.3 Å². The fraction of sp³-hybridized carbons (Fsp3) is 0.238. The second-order valence-electron chi connectivity index (χ2n) is 6.13. The smallest absolute Gasteiger partial charge is 0.270 e. The van der Waals surface area contributed by atoms with Crippen LogP contribution in [0.5, 0.6) is 11.5 Å². The van der Waals surface area contributed by atoms with Gasteiger partial charge < -0.3 is 9.47 Å². The van der Waals surface area contributed by atoms with E-state index in [4.69, 9.17) is 21.7 Å². The Balaban J connectivity index is 1.92. The minimum atomic E-state index is -0.109. The number of rotatable bonds is 5. The van der Waals surface area contributed by atoms with Crippen LogP contribution in [0.4, 0.5) is 5.69 Å². The lowest BCUT2D eigenvalue weighted by Gasteiger charge is -2.16. The number of ether oxygens (including phenoxy) is 2. The summed E-state index contributed by atoms with van der Waals surface area (Å²) >= 11 is 6.77. The number of methoxy groups -OCH3 is 1. The molecule has 27 heavy (non-hydrogen) atoms. The molecule has 2 aromatic rings. The molecule has 0 atom stereocenters.